The molecule has 0 saturated carbocycles. The van der Waals surface area contributed by atoms with E-state index in [1.165, 1.54) is 0 Å². The van der Waals surface area contributed by atoms with Gasteiger partial charge < -0.3 is 4.74 Å². The van der Waals surface area contributed by atoms with Crippen LogP contribution in [0.2, 0.25) is 0 Å². The minimum atomic E-state index is -3.94. The molecule has 0 aromatic rings. The summed E-state index contributed by atoms with van der Waals surface area (Å²) in [6, 6.07) is -0.906. The first kappa shape index (κ1) is 15.7. The standard InChI is InChI=1S/C8H14ClNO6S2/c1-2-16-8(11)5-18(14,15)10-7-4-17(12,13)3-6(7)9/h6-7,10H,2-5H2,1H3. The lowest BCUT2D eigenvalue weighted by Gasteiger charge is -2.14. The Labute approximate surface area is 111 Å². The van der Waals surface area contributed by atoms with E-state index in [1.54, 1.807) is 6.92 Å². The van der Waals surface area contributed by atoms with E-state index in [0.717, 1.165) is 0 Å². The van der Waals surface area contributed by atoms with Crippen molar-refractivity contribution in [3.8, 4) is 0 Å². The monoisotopic (exact) mass is 319 g/mol. The van der Waals surface area contributed by atoms with Gasteiger partial charge in [0.2, 0.25) is 10.0 Å². The Bertz CT molecular complexity index is 514. The maximum absolute atomic E-state index is 11.6. The van der Waals surface area contributed by atoms with Crippen molar-refractivity contribution < 1.29 is 26.4 Å². The molecular weight excluding hydrogens is 306 g/mol. The number of rotatable bonds is 5. The largest absolute Gasteiger partial charge is 0.465 e. The fourth-order valence-corrected chi connectivity index (χ4v) is 5.46. The molecule has 1 aliphatic heterocycles. The maximum Gasteiger partial charge on any atom is 0.322 e. The van der Waals surface area contributed by atoms with Gasteiger partial charge in [-0.05, 0) is 6.92 Å². The zero-order valence-corrected chi connectivity index (χ0v) is 12.0. The molecule has 0 radical (unpaired) electrons. The number of sulfonamides is 1. The van der Waals surface area contributed by atoms with Gasteiger partial charge in [0.15, 0.2) is 15.6 Å². The Hall–Kier alpha value is -0.380. The van der Waals surface area contributed by atoms with Crippen molar-refractivity contribution >= 4 is 37.4 Å². The third-order valence-electron chi connectivity index (χ3n) is 2.23. The number of sulfone groups is 1. The molecule has 7 nitrogen and oxygen atoms in total. The summed E-state index contributed by atoms with van der Waals surface area (Å²) in [6.07, 6.45) is 0. The summed E-state index contributed by atoms with van der Waals surface area (Å²) in [7, 11) is -7.27. The molecule has 1 aliphatic rings. The van der Waals surface area contributed by atoms with Gasteiger partial charge in [-0.3, -0.25) is 4.79 Å². The topological polar surface area (TPSA) is 107 Å². The molecule has 0 amide bonds. The molecule has 1 saturated heterocycles. The summed E-state index contributed by atoms with van der Waals surface area (Å²) in [5.74, 6) is -2.37. The van der Waals surface area contributed by atoms with Crippen molar-refractivity contribution in [2.75, 3.05) is 23.9 Å². The molecule has 0 aliphatic carbocycles. The average molecular weight is 320 g/mol. The molecule has 0 bridgehead atoms. The average Bonchev–Trinajstić information content (AvgIpc) is 2.37. The number of hydrogen-bond donors (Lipinski definition) is 1. The summed E-state index contributed by atoms with van der Waals surface area (Å²) in [5.41, 5.74) is 0. The van der Waals surface area contributed by atoms with Crippen LogP contribution in [0.3, 0.4) is 0 Å². The summed E-state index contributed by atoms with van der Waals surface area (Å²) in [6.45, 7) is 1.63. The summed E-state index contributed by atoms with van der Waals surface area (Å²) >= 11 is 5.74. The number of alkyl halides is 1. The van der Waals surface area contributed by atoms with Gasteiger partial charge >= 0.3 is 5.97 Å². The van der Waals surface area contributed by atoms with Crippen LogP contribution in [-0.2, 0) is 29.4 Å². The molecule has 1 rings (SSSR count). The van der Waals surface area contributed by atoms with Gasteiger partial charge in [0.1, 0.15) is 0 Å². The highest BCUT2D eigenvalue weighted by molar-refractivity contribution is 7.92. The third-order valence-corrected chi connectivity index (χ3v) is 5.88. The molecule has 18 heavy (non-hydrogen) atoms. The number of esters is 1. The SMILES string of the molecule is CCOC(=O)CS(=O)(=O)NC1CS(=O)(=O)CC1Cl. The predicted molar refractivity (Wildman–Crippen MR) is 65.6 cm³/mol. The summed E-state index contributed by atoms with van der Waals surface area (Å²) in [4.78, 5) is 11.0. The Kier molecular flexibility index (Phi) is 4.98. The second kappa shape index (κ2) is 5.72. The quantitative estimate of drug-likeness (QED) is 0.508. The maximum atomic E-state index is 11.6. The minimum absolute atomic E-state index is 0.0737. The molecular formula is C8H14ClNO6S2. The van der Waals surface area contributed by atoms with Gasteiger partial charge in [-0.1, -0.05) is 0 Å². The molecule has 0 aromatic carbocycles. The first-order chi connectivity index (χ1) is 8.15. The van der Waals surface area contributed by atoms with Crippen molar-refractivity contribution in [3.63, 3.8) is 0 Å². The van der Waals surface area contributed by atoms with Crippen molar-refractivity contribution in [2.24, 2.45) is 0 Å². The molecule has 2 unspecified atom stereocenters. The molecule has 106 valence electrons. The fourth-order valence-electron chi connectivity index (χ4n) is 1.54. The van der Waals surface area contributed by atoms with Gasteiger partial charge in [-0.25, -0.2) is 21.6 Å². The van der Waals surface area contributed by atoms with Gasteiger partial charge in [0.25, 0.3) is 0 Å². The van der Waals surface area contributed by atoms with E-state index in [9.17, 15) is 21.6 Å². The molecule has 0 spiro atoms. The molecule has 10 heteroatoms. The molecule has 1 heterocycles. The molecule has 1 fully saturated rings. The number of halogens is 1. The lowest BCUT2D eigenvalue weighted by Crippen LogP contribution is -2.43. The normalized spacial score (nSPS) is 27.0. The number of carbonyl (C=O) groups is 1. The van der Waals surface area contributed by atoms with E-state index >= 15 is 0 Å². The number of nitrogens with one attached hydrogen (secondary N) is 1. The van der Waals surface area contributed by atoms with Crippen LogP contribution < -0.4 is 4.72 Å². The Morgan fingerprint density at radius 3 is 2.50 bits per heavy atom. The van der Waals surface area contributed by atoms with Crippen molar-refractivity contribution in [1.82, 2.24) is 4.72 Å². The zero-order chi connectivity index (χ0) is 14.0. The summed E-state index contributed by atoms with van der Waals surface area (Å²) in [5, 5.41) is -0.827. The lowest BCUT2D eigenvalue weighted by atomic mass is 10.3. The van der Waals surface area contributed by atoms with Gasteiger partial charge in [-0.2, -0.15) is 0 Å². The van der Waals surface area contributed by atoms with Crippen LogP contribution in [0.15, 0.2) is 0 Å². The lowest BCUT2D eigenvalue weighted by molar-refractivity contribution is -0.139. The highest BCUT2D eigenvalue weighted by atomic mass is 35.5. The van der Waals surface area contributed by atoms with Gasteiger partial charge in [0.05, 0.1) is 29.5 Å². The third kappa shape index (κ3) is 4.71. The van der Waals surface area contributed by atoms with Crippen LogP contribution in [0.4, 0.5) is 0 Å². The van der Waals surface area contributed by atoms with E-state index in [2.05, 4.69) is 9.46 Å². The van der Waals surface area contributed by atoms with E-state index in [1.807, 2.05) is 0 Å². The molecule has 1 N–H and O–H groups in total. The number of hydrogen-bond acceptors (Lipinski definition) is 6. The van der Waals surface area contributed by atoms with Crippen molar-refractivity contribution in [3.05, 3.63) is 0 Å². The second-order valence-electron chi connectivity index (χ2n) is 3.88. The number of ether oxygens (including phenoxy) is 1. The smallest absolute Gasteiger partial charge is 0.322 e. The van der Waals surface area contributed by atoms with Crippen molar-refractivity contribution in [1.29, 1.82) is 0 Å². The van der Waals surface area contributed by atoms with E-state index < -0.39 is 43.0 Å². The fraction of sp³-hybridized carbons (Fsp3) is 0.875. The van der Waals surface area contributed by atoms with Gasteiger partial charge in [0, 0.05) is 0 Å². The predicted octanol–water partition coefficient (Wildman–Crippen LogP) is -1.13. The molecule has 0 aromatic heterocycles. The van der Waals surface area contributed by atoms with Crippen LogP contribution in [-0.4, -0.2) is 58.1 Å². The van der Waals surface area contributed by atoms with E-state index in [0.29, 0.717) is 0 Å². The highest BCUT2D eigenvalue weighted by Gasteiger charge is 2.39. The second-order valence-corrected chi connectivity index (χ2v) is 8.35. The minimum Gasteiger partial charge on any atom is -0.465 e. The highest BCUT2D eigenvalue weighted by Crippen LogP contribution is 2.18. The Morgan fingerprint density at radius 2 is 2.06 bits per heavy atom. The first-order valence-corrected chi connectivity index (χ1v) is 9.06. The number of carbonyl (C=O) groups excluding carboxylic acids is 1. The van der Waals surface area contributed by atoms with Crippen LogP contribution in [0.25, 0.3) is 0 Å². The van der Waals surface area contributed by atoms with Crippen molar-refractivity contribution in [2.45, 2.75) is 18.3 Å². The van der Waals surface area contributed by atoms with Crippen LogP contribution in [0.1, 0.15) is 6.92 Å². The van der Waals surface area contributed by atoms with E-state index in [-0.39, 0.29) is 18.1 Å². The van der Waals surface area contributed by atoms with Crippen LogP contribution >= 0.6 is 11.6 Å². The molecule has 2 atom stereocenters. The van der Waals surface area contributed by atoms with Gasteiger partial charge in [-0.15, -0.1) is 11.6 Å². The van der Waals surface area contributed by atoms with Crippen LogP contribution in [0, 0.1) is 0 Å². The Morgan fingerprint density at radius 1 is 1.44 bits per heavy atom. The zero-order valence-electron chi connectivity index (χ0n) is 9.63. The Balaban J connectivity index is 2.64. The van der Waals surface area contributed by atoms with E-state index in [4.69, 9.17) is 11.6 Å². The summed E-state index contributed by atoms with van der Waals surface area (Å²) < 4.78 is 52.2. The van der Waals surface area contributed by atoms with Crippen LogP contribution in [0.5, 0.6) is 0 Å². The first-order valence-electron chi connectivity index (χ1n) is 5.15.